The molecule has 0 aliphatic carbocycles. The number of fused-ring (bicyclic) bond motifs is 1. The van der Waals surface area contributed by atoms with Crippen LogP contribution in [0, 0.1) is 0 Å². The molecule has 17 heavy (non-hydrogen) atoms. The average molecular weight is 235 g/mol. The van der Waals surface area contributed by atoms with Crippen LogP contribution in [0.4, 0.5) is 10.5 Å². The first kappa shape index (κ1) is 11.9. The van der Waals surface area contributed by atoms with Crippen molar-refractivity contribution in [2.45, 2.75) is 32.5 Å². The fourth-order valence-corrected chi connectivity index (χ4v) is 1.87. The number of para-hydroxylation sites is 1. The predicted molar refractivity (Wildman–Crippen MR) is 65.0 cm³/mol. The van der Waals surface area contributed by atoms with E-state index in [1.807, 2.05) is 45.0 Å². The molecule has 92 valence electrons. The van der Waals surface area contributed by atoms with E-state index in [0.29, 0.717) is 0 Å². The number of hydrogen-bond donors (Lipinski definition) is 1. The Bertz CT molecular complexity index is 437. The molecule has 0 saturated carbocycles. The number of aliphatic hydroxyl groups excluding tert-OH is 1. The number of ether oxygens (including phenoxy) is 1. The number of nitrogens with zero attached hydrogens (tertiary/aromatic N) is 1. The van der Waals surface area contributed by atoms with E-state index in [2.05, 4.69) is 0 Å². The Kier molecular flexibility index (Phi) is 2.83. The van der Waals surface area contributed by atoms with Crippen LogP contribution in [0.25, 0.3) is 0 Å². The van der Waals surface area contributed by atoms with Crippen molar-refractivity contribution in [2.75, 3.05) is 11.4 Å². The largest absolute Gasteiger partial charge is 0.443 e. The van der Waals surface area contributed by atoms with Crippen molar-refractivity contribution in [1.82, 2.24) is 0 Å². The van der Waals surface area contributed by atoms with Crippen LogP contribution in [0.5, 0.6) is 0 Å². The maximum Gasteiger partial charge on any atom is 0.414 e. The van der Waals surface area contributed by atoms with Gasteiger partial charge in [-0.25, -0.2) is 4.79 Å². The standard InChI is InChI=1S/C13H17NO3/c1-13(2,3)17-12(16)14-8-11(15)9-6-4-5-7-10(9)14/h4-7,11,15H,8H2,1-3H3. The van der Waals surface area contributed by atoms with Gasteiger partial charge in [-0.15, -0.1) is 0 Å². The van der Waals surface area contributed by atoms with E-state index in [1.54, 1.807) is 0 Å². The fraction of sp³-hybridized carbons (Fsp3) is 0.462. The molecular weight excluding hydrogens is 218 g/mol. The van der Waals surface area contributed by atoms with Crippen molar-refractivity contribution >= 4 is 11.8 Å². The molecule has 2 rings (SSSR count). The number of rotatable bonds is 0. The summed E-state index contributed by atoms with van der Waals surface area (Å²) in [6.45, 7) is 5.73. The molecule has 1 aromatic rings. The lowest BCUT2D eigenvalue weighted by Crippen LogP contribution is -2.36. The van der Waals surface area contributed by atoms with Gasteiger partial charge >= 0.3 is 6.09 Å². The number of amides is 1. The Morgan fingerprint density at radius 2 is 2.06 bits per heavy atom. The molecule has 1 heterocycles. The summed E-state index contributed by atoms with van der Waals surface area (Å²) in [5.41, 5.74) is 0.979. The van der Waals surface area contributed by atoms with Crippen LogP contribution < -0.4 is 4.90 Å². The molecule has 0 aromatic heterocycles. The van der Waals surface area contributed by atoms with E-state index in [4.69, 9.17) is 4.74 Å². The van der Waals surface area contributed by atoms with Gasteiger partial charge in [0.15, 0.2) is 0 Å². The van der Waals surface area contributed by atoms with Crippen LogP contribution in [0.1, 0.15) is 32.4 Å². The smallest absolute Gasteiger partial charge is 0.414 e. The Balaban J connectivity index is 2.23. The number of carbonyl (C=O) groups excluding carboxylic acids is 1. The topological polar surface area (TPSA) is 49.8 Å². The monoisotopic (exact) mass is 235 g/mol. The second-order valence-corrected chi connectivity index (χ2v) is 5.17. The zero-order chi connectivity index (χ0) is 12.6. The maximum atomic E-state index is 12.0. The highest BCUT2D eigenvalue weighted by Crippen LogP contribution is 2.35. The lowest BCUT2D eigenvalue weighted by atomic mass is 10.1. The van der Waals surface area contributed by atoms with Crippen molar-refractivity contribution in [3.8, 4) is 0 Å². The summed E-state index contributed by atoms with van der Waals surface area (Å²) in [5.74, 6) is 0. The zero-order valence-corrected chi connectivity index (χ0v) is 10.3. The summed E-state index contributed by atoms with van der Waals surface area (Å²) in [6.07, 6.45) is -1.04. The molecule has 1 N–H and O–H groups in total. The second kappa shape index (κ2) is 4.04. The van der Waals surface area contributed by atoms with Gasteiger partial charge in [-0.2, -0.15) is 0 Å². The second-order valence-electron chi connectivity index (χ2n) is 5.17. The Hall–Kier alpha value is -1.55. The molecule has 1 aromatic carbocycles. The molecule has 4 heteroatoms. The molecule has 1 aliphatic heterocycles. The van der Waals surface area contributed by atoms with Gasteiger partial charge in [0.2, 0.25) is 0 Å². The van der Waals surface area contributed by atoms with E-state index in [1.165, 1.54) is 4.90 Å². The number of carbonyl (C=O) groups is 1. The van der Waals surface area contributed by atoms with Crippen LogP contribution in [0.15, 0.2) is 24.3 Å². The third-order valence-corrected chi connectivity index (χ3v) is 2.56. The van der Waals surface area contributed by atoms with E-state index >= 15 is 0 Å². The number of anilines is 1. The van der Waals surface area contributed by atoms with Gasteiger partial charge in [0.25, 0.3) is 0 Å². The Morgan fingerprint density at radius 1 is 1.41 bits per heavy atom. The number of benzene rings is 1. The first-order chi connectivity index (χ1) is 7.88. The molecule has 1 aliphatic rings. The van der Waals surface area contributed by atoms with Crippen LogP contribution in [0.2, 0.25) is 0 Å². The van der Waals surface area contributed by atoms with Crippen LogP contribution >= 0.6 is 0 Å². The first-order valence-electron chi connectivity index (χ1n) is 5.66. The molecule has 0 saturated heterocycles. The number of aliphatic hydroxyl groups is 1. The highest BCUT2D eigenvalue weighted by atomic mass is 16.6. The molecule has 1 atom stereocenters. The quantitative estimate of drug-likeness (QED) is 0.751. The van der Waals surface area contributed by atoms with E-state index in [9.17, 15) is 9.90 Å². The molecular formula is C13H17NO3. The SMILES string of the molecule is CC(C)(C)OC(=O)N1CC(O)c2ccccc21. The third-order valence-electron chi connectivity index (χ3n) is 2.56. The van der Waals surface area contributed by atoms with Crippen molar-refractivity contribution in [3.63, 3.8) is 0 Å². The molecule has 0 bridgehead atoms. The lowest BCUT2D eigenvalue weighted by molar-refractivity contribution is 0.0568. The van der Waals surface area contributed by atoms with Gasteiger partial charge < -0.3 is 9.84 Å². The molecule has 0 spiro atoms. The van der Waals surface area contributed by atoms with Crippen LogP contribution in [0.3, 0.4) is 0 Å². The normalized spacial score (nSPS) is 19.1. The van der Waals surface area contributed by atoms with E-state index in [0.717, 1.165) is 11.3 Å². The van der Waals surface area contributed by atoms with Gasteiger partial charge in [0, 0.05) is 5.56 Å². The molecule has 4 nitrogen and oxygen atoms in total. The van der Waals surface area contributed by atoms with Crippen molar-refractivity contribution < 1.29 is 14.6 Å². The molecule has 1 amide bonds. The minimum absolute atomic E-state index is 0.258. The van der Waals surface area contributed by atoms with Gasteiger partial charge in [-0.3, -0.25) is 4.90 Å². The summed E-state index contributed by atoms with van der Waals surface area (Å²) in [5, 5.41) is 9.85. The average Bonchev–Trinajstić information content (AvgIpc) is 2.55. The summed E-state index contributed by atoms with van der Waals surface area (Å²) in [4.78, 5) is 13.4. The maximum absolute atomic E-state index is 12.0. The van der Waals surface area contributed by atoms with Crippen LogP contribution in [-0.2, 0) is 4.74 Å². The molecule has 1 unspecified atom stereocenters. The minimum Gasteiger partial charge on any atom is -0.443 e. The number of β-amino-alcohol motifs (C(OH)–C–C–N with tert-alkyl or cyclic N) is 1. The molecule has 0 radical (unpaired) electrons. The summed E-state index contributed by atoms with van der Waals surface area (Å²) >= 11 is 0. The predicted octanol–water partition coefficient (Wildman–Crippen LogP) is 2.48. The summed E-state index contributed by atoms with van der Waals surface area (Å²) in [6, 6.07) is 7.33. The Morgan fingerprint density at radius 3 is 2.71 bits per heavy atom. The highest BCUT2D eigenvalue weighted by Gasteiger charge is 2.33. The first-order valence-corrected chi connectivity index (χ1v) is 5.66. The van der Waals surface area contributed by atoms with Crippen molar-refractivity contribution in [3.05, 3.63) is 29.8 Å². The number of hydrogen-bond acceptors (Lipinski definition) is 3. The van der Waals surface area contributed by atoms with Crippen molar-refractivity contribution in [1.29, 1.82) is 0 Å². The van der Waals surface area contributed by atoms with Gasteiger partial charge in [-0.1, -0.05) is 18.2 Å². The Labute approximate surface area is 101 Å². The minimum atomic E-state index is -0.626. The zero-order valence-electron chi connectivity index (χ0n) is 10.3. The van der Waals surface area contributed by atoms with Gasteiger partial charge in [-0.05, 0) is 26.8 Å². The summed E-state index contributed by atoms with van der Waals surface area (Å²) < 4.78 is 5.30. The lowest BCUT2D eigenvalue weighted by Gasteiger charge is -2.24. The van der Waals surface area contributed by atoms with E-state index in [-0.39, 0.29) is 6.54 Å². The van der Waals surface area contributed by atoms with Crippen molar-refractivity contribution in [2.24, 2.45) is 0 Å². The third kappa shape index (κ3) is 2.42. The van der Waals surface area contributed by atoms with E-state index < -0.39 is 17.8 Å². The van der Waals surface area contributed by atoms with Crippen LogP contribution in [-0.4, -0.2) is 23.3 Å². The van der Waals surface area contributed by atoms with Gasteiger partial charge in [0.1, 0.15) is 5.60 Å². The highest BCUT2D eigenvalue weighted by molar-refractivity contribution is 5.90. The molecule has 0 fully saturated rings. The fourth-order valence-electron chi connectivity index (χ4n) is 1.87. The van der Waals surface area contributed by atoms with Gasteiger partial charge in [0.05, 0.1) is 18.3 Å². The summed E-state index contributed by atoms with van der Waals surface area (Å²) in [7, 11) is 0.